The molecule has 1 amide bonds. The highest BCUT2D eigenvalue weighted by Gasteiger charge is 2.47. The van der Waals surface area contributed by atoms with Crippen LogP contribution in [0.1, 0.15) is 18.4 Å². The maximum Gasteiger partial charge on any atom is 0.249 e. The van der Waals surface area contributed by atoms with E-state index in [2.05, 4.69) is 22.3 Å². The zero-order chi connectivity index (χ0) is 14.0. The Morgan fingerprint density at radius 3 is 2.45 bits per heavy atom. The molecule has 1 aliphatic carbocycles. The van der Waals surface area contributed by atoms with Gasteiger partial charge in [-0.15, -0.1) is 0 Å². The van der Waals surface area contributed by atoms with Gasteiger partial charge in [-0.1, -0.05) is 30.3 Å². The Hall–Kier alpha value is -1.43. The number of rotatable bonds is 5. The summed E-state index contributed by atoms with van der Waals surface area (Å²) in [5.41, 5.74) is 6.75. The molecular formula is C15H21N3O2. The van der Waals surface area contributed by atoms with Gasteiger partial charge in [0.15, 0.2) is 0 Å². The first-order chi connectivity index (χ1) is 9.71. The molecule has 1 unspecified atom stereocenters. The standard InChI is InChI=1S/C15H21N3O2/c16-13(19)14(18-8-10-20-11-9-18)17-15(6-7-15)12-4-2-1-3-5-12/h1-5,14,17H,6-11H2,(H2,16,19). The van der Waals surface area contributed by atoms with E-state index in [-0.39, 0.29) is 11.4 Å². The monoisotopic (exact) mass is 275 g/mol. The van der Waals surface area contributed by atoms with Crippen LogP contribution in [0.5, 0.6) is 0 Å². The van der Waals surface area contributed by atoms with Crippen LogP contribution in [-0.4, -0.2) is 43.3 Å². The summed E-state index contributed by atoms with van der Waals surface area (Å²) in [7, 11) is 0. The second-order valence-corrected chi connectivity index (χ2v) is 5.55. The van der Waals surface area contributed by atoms with Crippen LogP contribution in [0.3, 0.4) is 0 Å². The molecule has 5 nitrogen and oxygen atoms in total. The molecule has 1 atom stereocenters. The number of morpholine rings is 1. The minimum atomic E-state index is -0.415. The maximum absolute atomic E-state index is 11.8. The van der Waals surface area contributed by atoms with Crippen LogP contribution in [0.4, 0.5) is 0 Å². The number of hydrogen-bond acceptors (Lipinski definition) is 4. The molecule has 5 heteroatoms. The lowest BCUT2D eigenvalue weighted by Gasteiger charge is -2.35. The Morgan fingerprint density at radius 2 is 1.90 bits per heavy atom. The zero-order valence-corrected chi connectivity index (χ0v) is 11.5. The third-order valence-electron chi connectivity index (χ3n) is 4.17. The summed E-state index contributed by atoms with van der Waals surface area (Å²) < 4.78 is 5.34. The largest absolute Gasteiger partial charge is 0.379 e. The van der Waals surface area contributed by atoms with Gasteiger partial charge in [0.25, 0.3) is 0 Å². The molecule has 0 radical (unpaired) electrons. The van der Waals surface area contributed by atoms with Gasteiger partial charge in [0.2, 0.25) is 5.91 Å². The fraction of sp³-hybridized carbons (Fsp3) is 0.533. The van der Waals surface area contributed by atoms with Gasteiger partial charge in [0, 0.05) is 18.6 Å². The van der Waals surface area contributed by atoms with E-state index in [0.29, 0.717) is 13.2 Å². The number of carbonyl (C=O) groups is 1. The maximum atomic E-state index is 11.8. The van der Waals surface area contributed by atoms with Crippen LogP contribution < -0.4 is 11.1 Å². The van der Waals surface area contributed by atoms with Crippen LogP contribution in [0.15, 0.2) is 30.3 Å². The molecular weight excluding hydrogens is 254 g/mol. The van der Waals surface area contributed by atoms with E-state index in [0.717, 1.165) is 25.9 Å². The molecule has 1 aromatic rings. The Balaban J connectivity index is 1.75. The number of benzene rings is 1. The fourth-order valence-electron chi connectivity index (χ4n) is 2.84. The summed E-state index contributed by atoms with van der Waals surface area (Å²) in [4.78, 5) is 13.9. The van der Waals surface area contributed by atoms with Crippen molar-refractivity contribution in [1.29, 1.82) is 0 Å². The molecule has 3 rings (SSSR count). The lowest BCUT2D eigenvalue weighted by atomic mass is 10.0. The van der Waals surface area contributed by atoms with E-state index in [1.54, 1.807) is 0 Å². The molecule has 0 bridgehead atoms. The number of primary amides is 1. The summed E-state index contributed by atoms with van der Waals surface area (Å²) in [6.45, 7) is 2.80. The van der Waals surface area contributed by atoms with E-state index in [4.69, 9.17) is 10.5 Å². The third kappa shape index (κ3) is 2.70. The SMILES string of the molecule is NC(=O)C(NC1(c2ccccc2)CC1)N1CCOCC1. The Labute approximate surface area is 119 Å². The van der Waals surface area contributed by atoms with Gasteiger partial charge in [-0.3, -0.25) is 15.0 Å². The van der Waals surface area contributed by atoms with Crippen molar-refractivity contribution in [1.82, 2.24) is 10.2 Å². The lowest BCUT2D eigenvalue weighted by Crippen LogP contribution is -2.59. The van der Waals surface area contributed by atoms with Gasteiger partial charge in [0.1, 0.15) is 6.17 Å². The first-order valence-corrected chi connectivity index (χ1v) is 7.16. The zero-order valence-electron chi connectivity index (χ0n) is 11.5. The number of ether oxygens (including phenoxy) is 1. The van der Waals surface area contributed by atoms with Crippen molar-refractivity contribution in [3.05, 3.63) is 35.9 Å². The summed E-state index contributed by atoms with van der Waals surface area (Å²) in [5.74, 6) is -0.311. The van der Waals surface area contributed by atoms with Gasteiger partial charge in [-0.05, 0) is 18.4 Å². The van der Waals surface area contributed by atoms with Crippen molar-refractivity contribution in [3.8, 4) is 0 Å². The average molecular weight is 275 g/mol. The van der Waals surface area contributed by atoms with E-state index in [1.165, 1.54) is 5.56 Å². The molecule has 1 saturated carbocycles. The Kier molecular flexibility index (Phi) is 3.74. The number of hydrogen-bond donors (Lipinski definition) is 2. The molecule has 108 valence electrons. The molecule has 2 fully saturated rings. The Morgan fingerprint density at radius 1 is 1.25 bits per heavy atom. The van der Waals surface area contributed by atoms with Crippen molar-refractivity contribution in [2.75, 3.05) is 26.3 Å². The van der Waals surface area contributed by atoms with Crippen molar-refractivity contribution in [3.63, 3.8) is 0 Å². The number of nitrogens with one attached hydrogen (secondary N) is 1. The highest BCUT2D eigenvalue weighted by Crippen LogP contribution is 2.45. The molecule has 1 aromatic carbocycles. The van der Waals surface area contributed by atoms with Gasteiger partial charge >= 0.3 is 0 Å². The number of nitrogens with two attached hydrogens (primary N) is 1. The number of carbonyl (C=O) groups excluding carboxylic acids is 1. The number of nitrogens with zero attached hydrogens (tertiary/aromatic N) is 1. The van der Waals surface area contributed by atoms with Gasteiger partial charge in [0.05, 0.1) is 13.2 Å². The molecule has 1 heterocycles. The Bertz CT molecular complexity index is 467. The summed E-state index contributed by atoms with van der Waals surface area (Å²) >= 11 is 0. The fourth-order valence-corrected chi connectivity index (χ4v) is 2.84. The molecule has 0 aromatic heterocycles. The van der Waals surface area contributed by atoms with Gasteiger partial charge in [-0.2, -0.15) is 0 Å². The smallest absolute Gasteiger partial charge is 0.249 e. The predicted octanol–water partition coefficient (Wildman–Crippen LogP) is 0.409. The van der Waals surface area contributed by atoms with Crippen LogP contribution in [0.2, 0.25) is 0 Å². The molecule has 0 spiro atoms. The van der Waals surface area contributed by atoms with Crippen LogP contribution >= 0.6 is 0 Å². The first kappa shape index (κ1) is 13.5. The lowest BCUT2D eigenvalue weighted by molar-refractivity contribution is -0.127. The van der Waals surface area contributed by atoms with Crippen molar-refractivity contribution >= 4 is 5.91 Å². The molecule has 1 aliphatic heterocycles. The minimum absolute atomic E-state index is 0.0841. The van der Waals surface area contributed by atoms with Crippen LogP contribution in [-0.2, 0) is 15.1 Å². The van der Waals surface area contributed by atoms with Gasteiger partial charge < -0.3 is 10.5 Å². The third-order valence-corrected chi connectivity index (χ3v) is 4.17. The normalized spacial score (nSPS) is 23.2. The topological polar surface area (TPSA) is 67.6 Å². The van der Waals surface area contributed by atoms with Gasteiger partial charge in [-0.25, -0.2) is 0 Å². The van der Waals surface area contributed by atoms with E-state index in [9.17, 15) is 4.79 Å². The average Bonchev–Trinajstić information content (AvgIpc) is 3.27. The minimum Gasteiger partial charge on any atom is -0.379 e. The highest BCUT2D eigenvalue weighted by atomic mass is 16.5. The molecule has 20 heavy (non-hydrogen) atoms. The second-order valence-electron chi connectivity index (χ2n) is 5.55. The van der Waals surface area contributed by atoms with Crippen molar-refractivity contribution < 1.29 is 9.53 Å². The molecule has 1 saturated heterocycles. The highest BCUT2D eigenvalue weighted by molar-refractivity contribution is 5.79. The summed E-state index contributed by atoms with van der Waals surface area (Å²) in [5, 5.41) is 3.49. The van der Waals surface area contributed by atoms with E-state index < -0.39 is 6.17 Å². The number of amides is 1. The molecule has 3 N–H and O–H groups in total. The second kappa shape index (κ2) is 5.52. The van der Waals surface area contributed by atoms with E-state index in [1.807, 2.05) is 18.2 Å². The summed E-state index contributed by atoms with van der Waals surface area (Å²) in [6, 6.07) is 10.3. The predicted molar refractivity (Wildman–Crippen MR) is 75.9 cm³/mol. The summed E-state index contributed by atoms with van der Waals surface area (Å²) in [6.07, 6.45) is 1.68. The van der Waals surface area contributed by atoms with Crippen LogP contribution in [0, 0.1) is 0 Å². The first-order valence-electron chi connectivity index (χ1n) is 7.16. The van der Waals surface area contributed by atoms with Crippen LogP contribution in [0.25, 0.3) is 0 Å². The van der Waals surface area contributed by atoms with E-state index >= 15 is 0 Å². The van der Waals surface area contributed by atoms with Crippen molar-refractivity contribution in [2.24, 2.45) is 5.73 Å². The molecule has 2 aliphatic rings. The van der Waals surface area contributed by atoms with Crippen molar-refractivity contribution in [2.45, 2.75) is 24.5 Å². The quantitative estimate of drug-likeness (QED) is 0.817.